The Bertz CT molecular complexity index is 406. The Morgan fingerprint density at radius 2 is 1.94 bits per heavy atom. The minimum atomic E-state index is -5.31. The summed E-state index contributed by atoms with van der Waals surface area (Å²) in [4.78, 5) is 2.84. The molecule has 9 heteroatoms. The average molecular weight is 261 g/mol. The number of nitrogens with zero attached hydrogens (tertiary/aromatic N) is 1. The monoisotopic (exact) mass is 261 g/mol. The maximum Gasteiger partial charge on any atom is 0.573 e. The van der Waals surface area contributed by atoms with Gasteiger partial charge in [-0.15, -0.1) is 13.2 Å². The van der Waals surface area contributed by atoms with Crippen molar-refractivity contribution in [2.45, 2.75) is 19.4 Å². The fourth-order valence-electron chi connectivity index (χ4n) is 1.03. The van der Waals surface area contributed by atoms with Crippen molar-refractivity contribution in [2.24, 2.45) is 0 Å². The largest absolute Gasteiger partial charge is 0.573 e. The number of ether oxygens (including phenoxy) is 1. The lowest BCUT2D eigenvalue weighted by Crippen LogP contribution is -2.20. The first-order valence-electron chi connectivity index (χ1n) is 4.08. The second-order valence-electron chi connectivity index (χ2n) is 2.83. The van der Waals surface area contributed by atoms with Gasteiger partial charge >= 0.3 is 6.36 Å². The highest BCUT2D eigenvalue weighted by atomic mass is 19.4. The fraction of sp³-hybridized carbons (Fsp3) is 0.375. The van der Waals surface area contributed by atoms with E-state index in [0.29, 0.717) is 6.07 Å². The summed E-state index contributed by atoms with van der Waals surface area (Å²) in [5.74, 6) is -3.55. The molecule has 0 radical (unpaired) electrons. The number of pyridine rings is 1. The number of halogens is 6. The van der Waals surface area contributed by atoms with Crippen molar-refractivity contribution in [3.05, 3.63) is 23.3 Å². The highest BCUT2D eigenvalue weighted by Gasteiger charge is 2.35. The Morgan fingerprint density at radius 3 is 2.35 bits per heavy atom. The van der Waals surface area contributed by atoms with E-state index in [0.717, 1.165) is 0 Å². The zero-order chi connectivity index (χ0) is 13.2. The third kappa shape index (κ3) is 3.48. The number of hydrogen-bond donors (Lipinski definition) is 1. The van der Waals surface area contributed by atoms with Crippen LogP contribution in [0.15, 0.2) is 6.07 Å². The molecule has 96 valence electrons. The molecular formula is C8H5F6NO2. The molecule has 0 amide bonds. The van der Waals surface area contributed by atoms with Gasteiger partial charge in [0.2, 0.25) is 0 Å². The van der Waals surface area contributed by atoms with Gasteiger partial charge in [-0.3, -0.25) is 0 Å². The summed E-state index contributed by atoms with van der Waals surface area (Å²) in [6.07, 6.45) is -8.71. The maximum atomic E-state index is 13.0. The van der Waals surface area contributed by atoms with E-state index in [-0.39, 0.29) is 0 Å². The van der Waals surface area contributed by atoms with Crippen LogP contribution in [0.4, 0.5) is 26.3 Å². The first-order valence-corrected chi connectivity index (χ1v) is 4.08. The molecule has 17 heavy (non-hydrogen) atoms. The summed E-state index contributed by atoms with van der Waals surface area (Å²) in [5.41, 5.74) is -1.84. The second kappa shape index (κ2) is 4.78. The third-order valence-electron chi connectivity index (χ3n) is 1.63. The molecule has 0 aromatic carbocycles. The van der Waals surface area contributed by atoms with Crippen LogP contribution in [0.25, 0.3) is 0 Å². The molecule has 0 aliphatic rings. The molecule has 0 atom stereocenters. The summed E-state index contributed by atoms with van der Waals surface area (Å²) in [5, 5.41) is 8.55. The zero-order valence-corrected chi connectivity index (χ0v) is 7.93. The van der Waals surface area contributed by atoms with Crippen molar-refractivity contribution in [3.8, 4) is 5.75 Å². The molecule has 0 fully saturated rings. The van der Waals surface area contributed by atoms with Crippen LogP contribution < -0.4 is 4.74 Å². The molecule has 0 aliphatic heterocycles. The van der Waals surface area contributed by atoms with E-state index in [2.05, 4.69) is 9.72 Å². The van der Waals surface area contributed by atoms with Crippen molar-refractivity contribution in [1.29, 1.82) is 0 Å². The second-order valence-corrected chi connectivity index (χ2v) is 2.83. The quantitative estimate of drug-likeness (QED) is 0.671. The predicted octanol–water partition coefficient (Wildman–Crippen LogP) is 2.55. The number of hydrogen-bond acceptors (Lipinski definition) is 3. The van der Waals surface area contributed by atoms with Crippen LogP contribution >= 0.6 is 0 Å². The Labute approximate surface area is 90.6 Å². The van der Waals surface area contributed by atoms with Gasteiger partial charge in [0.25, 0.3) is 12.4 Å². The van der Waals surface area contributed by atoms with E-state index < -0.39 is 42.3 Å². The molecule has 1 heterocycles. The minimum absolute atomic E-state index is 0.439. The molecule has 1 N–H and O–H groups in total. The summed E-state index contributed by atoms with van der Waals surface area (Å²) in [7, 11) is 0. The van der Waals surface area contributed by atoms with Gasteiger partial charge in [-0.25, -0.2) is 13.8 Å². The summed E-state index contributed by atoms with van der Waals surface area (Å²) >= 11 is 0. The Balaban J connectivity index is 3.27. The van der Waals surface area contributed by atoms with Crippen molar-refractivity contribution >= 4 is 0 Å². The van der Waals surface area contributed by atoms with Gasteiger partial charge in [0.05, 0.1) is 17.9 Å². The van der Waals surface area contributed by atoms with E-state index in [1.165, 1.54) is 0 Å². The van der Waals surface area contributed by atoms with E-state index in [9.17, 15) is 26.3 Å². The molecular weight excluding hydrogens is 256 g/mol. The molecule has 0 saturated heterocycles. The number of alkyl halides is 5. The van der Waals surface area contributed by atoms with Crippen LogP contribution in [0.5, 0.6) is 5.75 Å². The Morgan fingerprint density at radius 1 is 1.35 bits per heavy atom. The van der Waals surface area contributed by atoms with Crippen LogP contribution in [0.2, 0.25) is 0 Å². The molecule has 1 aromatic rings. The topological polar surface area (TPSA) is 42.4 Å². The van der Waals surface area contributed by atoms with Crippen molar-refractivity contribution in [1.82, 2.24) is 4.98 Å². The van der Waals surface area contributed by atoms with Crippen LogP contribution in [-0.4, -0.2) is 16.5 Å². The van der Waals surface area contributed by atoms with Crippen LogP contribution in [0, 0.1) is 5.95 Å². The molecule has 1 aromatic heterocycles. The maximum absolute atomic E-state index is 13.0. The number of aromatic nitrogens is 1. The van der Waals surface area contributed by atoms with Crippen LogP contribution in [-0.2, 0) is 6.61 Å². The van der Waals surface area contributed by atoms with E-state index in [4.69, 9.17) is 5.11 Å². The number of aliphatic hydroxyl groups excluding tert-OH is 1. The van der Waals surface area contributed by atoms with Gasteiger partial charge in [-0.2, -0.15) is 4.39 Å². The molecule has 0 bridgehead atoms. The van der Waals surface area contributed by atoms with Gasteiger partial charge in [0.1, 0.15) is 0 Å². The predicted molar refractivity (Wildman–Crippen MR) is 41.8 cm³/mol. The van der Waals surface area contributed by atoms with Gasteiger partial charge in [-0.05, 0) is 6.07 Å². The normalized spacial score (nSPS) is 12.0. The Hall–Kier alpha value is -1.51. The highest BCUT2D eigenvalue weighted by Crippen LogP contribution is 2.34. The van der Waals surface area contributed by atoms with Crippen molar-refractivity contribution in [3.63, 3.8) is 0 Å². The van der Waals surface area contributed by atoms with Gasteiger partial charge in [-0.1, -0.05) is 0 Å². The van der Waals surface area contributed by atoms with E-state index in [1.54, 1.807) is 0 Å². The number of aliphatic hydroxyl groups is 1. The number of rotatable bonds is 3. The lowest BCUT2D eigenvalue weighted by Gasteiger charge is -2.13. The molecule has 0 aliphatic carbocycles. The summed E-state index contributed by atoms with van der Waals surface area (Å²) in [6.45, 7) is -0.886. The molecule has 0 unspecified atom stereocenters. The highest BCUT2D eigenvalue weighted by molar-refractivity contribution is 5.35. The van der Waals surface area contributed by atoms with E-state index >= 15 is 0 Å². The smallest absolute Gasteiger partial charge is 0.400 e. The Kier molecular flexibility index (Phi) is 3.81. The third-order valence-corrected chi connectivity index (χ3v) is 1.63. The van der Waals surface area contributed by atoms with Crippen LogP contribution in [0.3, 0.4) is 0 Å². The first kappa shape index (κ1) is 13.6. The molecule has 0 saturated carbocycles. The van der Waals surface area contributed by atoms with Gasteiger partial charge in [0.15, 0.2) is 5.75 Å². The zero-order valence-electron chi connectivity index (χ0n) is 7.93. The van der Waals surface area contributed by atoms with Gasteiger partial charge < -0.3 is 9.84 Å². The summed E-state index contributed by atoms with van der Waals surface area (Å²) < 4.78 is 76.4. The van der Waals surface area contributed by atoms with E-state index in [1.807, 2.05) is 0 Å². The standard InChI is InChI=1S/C8H5F6NO2/c9-6(10)4-1-3(2-16)15-7(11)5(4)17-8(12,13)14/h1,6,16H,2H2. The summed E-state index contributed by atoms with van der Waals surface area (Å²) in [6, 6.07) is 0.439. The fourth-order valence-corrected chi connectivity index (χ4v) is 1.03. The SMILES string of the molecule is OCc1cc(C(F)F)c(OC(F)(F)F)c(F)n1. The molecule has 1 rings (SSSR count). The van der Waals surface area contributed by atoms with Crippen LogP contribution in [0.1, 0.15) is 17.7 Å². The molecule has 3 nitrogen and oxygen atoms in total. The molecule has 0 spiro atoms. The lowest BCUT2D eigenvalue weighted by molar-refractivity contribution is -0.276. The van der Waals surface area contributed by atoms with Crippen molar-refractivity contribution < 1.29 is 36.2 Å². The first-order chi connectivity index (χ1) is 7.74. The minimum Gasteiger partial charge on any atom is -0.400 e. The van der Waals surface area contributed by atoms with Gasteiger partial charge in [0, 0.05) is 0 Å². The lowest BCUT2D eigenvalue weighted by atomic mass is 10.2. The van der Waals surface area contributed by atoms with Crippen molar-refractivity contribution in [2.75, 3.05) is 0 Å². The average Bonchev–Trinajstić information content (AvgIpc) is 2.18.